The Balaban J connectivity index is 2.59. The summed E-state index contributed by atoms with van der Waals surface area (Å²) in [7, 11) is -3.90. The standard InChI is InChI=1S/C15H24NO3S/c1-3-4-5-6-7-8-9-14-12-15(11-10-13(14)2)20(18,19)16-17/h10-12,17H,3-9H2,1-2H3. The molecule has 0 amide bonds. The zero-order chi connectivity index (χ0) is 15.0. The molecule has 1 rings (SSSR count). The van der Waals surface area contributed by atoms with Gasteiger partial charge in [0.15, 0.2) is 0 Å². The van der Waals surface area contributed by atoms with Crippen molar-refractivity contribution in [2.45, 2.75) is 63.7 Å². The number of aryl methyl sites for hydroxylation is 2. The molecule has 1 N–H and O–H groups in total. The molecule has 0 bridgehead atoms. The van der Waals surface area contributed by atoms with E-state index in [1.165, 1.54) is 38.2 Å². The van der Waals surface area contributed by atoms with Gasteiger partial charge in [0.25, 0.3) is 10.0 Å². The fourth-order valence-corrected chi connectivity index (χ4v) is 2.85. The molecule has 0 aliphatic rings. The number of rotatable bonds is 9. The molecule has 5 heteroatoms. The van der Waals surface area contributed by atoms with Gasteiger partial charge in [-0.1, -0.05) is 45.1 Å². The van der Waals surface area contributed by atoms with E-state index in [0.29, 0.717) is 0 Å². The van der Waals surface area contributed by atoms with E-state index in [2.05, 4.69) is 11.8 Å². The second-order valence-electron chi connectivity index (χ2n) is 5.16. The Labute approximate surface area is 122 Å². The summed E-state index contributed by atoms with van der Waals surface area (Å²) in [6, 6.07) is 4.87. The molecule has 0 aromatic heterocycles. The fraction of sp³-hybridized carbons (Fsp3) is 0.600. The van der Waals surface area contributed by atoms with Crippen molar-refractivity contribution in [1.29, 1.82) is 0 Å². The zero-order valence-corrected chi connectivity index (χ0v) is 13.1. The normalized spacial score (nSPS) is 11.8. The highest BCUT2D eigenvalue weighted by Gasteiger charge is 2.15. The first kappa shape index (κ1) is 17.1. The minimum absolute atomic E-state index is 0.0617. The highest BCUT2D eigenvalue weighted by molar-refractivity contribution is 7.89. The van der Waals surface area contributed by atoms with Gasteiger partial charge in [0.05, 0.1) is 4.90 Å². The van der Waals surface area contributed by atoms with E-state index in [1.807, 2.05) is 6.92 Å². The molecule has 0 spiro atoms. The second-order valence-corrected chi connectivity index (χ2v) is 6.75. The van der Waals surface area contributed by atoms with Gasteiger partial charge >= 0.3 is 0 Å². The van der Waals surface area contributed by atoms with Crippen LogP contribution in [-0.2, 0) is 16.4 Å². The summed E-state index contributed by atoms with van der Waals surface area (Å²) < 4.78 is 23.0. The van der Waals surface area contributed by atoms with Crippen molar-refractivity contribution in [2.24, 2.45) is 0 Å². The molecule has 1 aromatic rings. The molecule has 1 aromatic carbocycles. The average molecular weight is 298 g/mol. The molecular formula is C15H24NO3S. The molecule has 0 aliphatic heterocycles. The van der Waals surface area contributed by atoms with Gasteiger partial charge in [0, 0.05) is 4.89 Å². The minimum atomic E-state index is -3.90. The van der Waals surface area contributed by atoms with E-state index in [-0.39, 0.29) is 4.90 Å². The van der Waals surface area contributed by atoms with Crippen LogP contribution >= 0.6 is 0 Å². The van der Waals surface area contributed by atoms with Crippen LogP contribution in [-0.4, -0.2) is 13.6 Å². The first-order chi connectivity index (χ1) is 9.51. The smallest absolute Gasteiger partial charge is 0.281 e. The van der Waals surface area contributed by atoms with Crippen molar-refractivity contribution in [3.8, 4) is 0 Å². The van der Waals surface area contributed by atoms with E-state index in [9.17, 15) is 8.42 Å². The predicted octanol–water partition coefficient (Wildman–Crippen LogP) is 3.58. The number of hydrogen-bond donors (Lipinski definition) is 1. The van der Waals surface area contributed by atoms with Crippen LogP contribution in [0.15, 0.2) is 23.1 Å². The van der Waals surface area contributed by atoms with Gasteiger partial charge in [-0.15, -0.1) is 0 Å². The van der Waals surface area contributed by atoms with Crippen LogP contribution < -0.4 is 4.89 Å². The maximum absolute atomic E-state index is 11.5. The number of nitrogens with zero attached hydrogens (tertiary/aromatic N) is 1. The lowest BCUT2D eigenvalue weighted by molar-refractivity contribution is 0.233. The van der Waals surface area contributed by atoms with E-state index in [0.717, 1.165) is 24.0 Å². The van der Waals surface area contributed by atoms with E-state index < -0.39 is 10.0 Å². The number of hydrogen-bond acceptors (Lipinski definition) is 3. The largest absolute Gasteiger partial charge is 0.282 e. The molecule has 4 nitrogen and oxygen atoms in total. The highest BCUT2D eigenvalue weighted by atomic mass is 32.2. The van der Waals surface area contributed by atoms with Gasteiger partial charge in [-0.05, 0) is 43.0 Å². The van der Waals surface area contributed by atoms with Crippen LogP contribution in [0.5, 0.6) is 0 Å². The van der Waals surface area contributed by atoms with Gasteiger partial charge in [-0.2, -0.15) is 0 Å². The summed E-state index contributed by atoms with van der Waals surface area (Å²) >= 11 is 0. The predicted molar refractivity (Wildman–Crippen MR) is 79.4 cm³/mol. The first-order valence-electron chi connectivity index (χ1n) is 7.22. The lowest BCUT2D eigenvalue weighted by atomic mass is 10.0. The maximum atomic E-state index is 11.5. The van der Waals surface area contributed by atoms with Gasteiger partial charge in [0.2, 0.25) is 0 Å². The van der Waals surface area contributed by atoms with Crippen molar-refractivity contribution in [3.63, 3.8) is 0 Å². The van der Waals surface area contributed by atoms with Gasteiger partial charge < -0.3 is 0 Å². The number of benzene rings is 1. The third-order valence-electron chi connectivity index (χ3n) is 3.53. The second kappa shape index (κ2) is 8.39. The topological polar surface area (TPSA) is 68.5 Å². The summed E-state index contributed by atoms with van der Waals surface area (Å²) in [5.74, 6) is 0. The van der Waals surface area contributed by atoms with Crippen molar-refractivity contribution in [2.75, 3.05) is 0 Å². The monoisotopic (exact) mass is 298 g/mol. The Morgan fingerprint density at radius 2 is 1.75 bits per heavy atom. The van der Waals surface area contributed by atoms with Crippen LogP contribution in [0.4, 0.5) is 0 Å². The molecule has 0 unspecified atom stereocenters. The highest BCUT2D eigenvalue weighted by Crippen LogP contribution is 2.18. The van der Waals surface area contributed by atoms with Gasteiger partial charge in [-0.3, -0.25) is 5.21 Å². The molecule has 0 saturated heterocycles. The molecule has 0 saturated carbocycles. The minimum Gasteiger partial charge on any atom is -0.282 e. The Hall–Kier alpha value is -0.910. The summed E-state index contributed by atoms with van der Waals surface area (Å²) in [5, 5.41) is 8.54. The molecule has 20 heavy (non-hydrogen) atoms. The summed E-state index contributed by atoms with van der Waals surface area (Å²) in [4.78, 5) is 2.53. The van der Waals surface area contributed by atoms with Crippen LogP contribution in [0, 0.1) is 6.92 Å². The molecule has 0 fully saturated rings. The molecule has 1 radical (unpaired) electrons. The van der Waals surface area contributed by atoms with Crippen molar-refractivity contribution < 1.29 is 13.6 Å². The van der Waals surface area contributed by atoms with Crippen molar-refractivity contribution in [3.05, 3.63) is 29.3 Å². The van der Waals surface area contributed by atoms with Crippen LogP contribution in [0.3, 0.4) is 0 Å². The summed E-state index contributed by atoms with van der Waals surface area (Å²) in [6.45, 7) is 4.17. The SMILES string of the molecule is CCCCCCCCc1cc(S(=O)(=O)[N]O)ccc1C. The zero-order valence-electron chi connectivity index (χ0n) is 12.3. The number of sulfonamides is 1. The van der Waals surface area contributed by atoms with E-state index in [1.54, 1.807) is 12.1 Å². The Kier molecular flexibility index (Phi) is 7.19. The quantitative estimate of drug-likeness (QED) is 0.559. The molecule has 0 aliphatic carbocycles. The Bertz CT molecular complexity index is 512. The van der Waals surface area contributed by atoms with E-state index >= 15 is 0 Å². The Morgan fingerprint density at radius 1 is 1.10 bits per heavy atom. The molecule has 113 valence electrons. The van der Waals surface area contributed by atoms with Crippen LogP contribution in [0.1, 0.15) is 56.6 Å². The van der Waals surface area contributed by atoms with Gasteiger partial charge in [-0.25, -0.2) is 8.42 Å². The fourth-order valence-electron chi connectivity index (χ4n) is 2.22. The van der Waals surface area contributed by atoms with Crippen molar-refractivity contribution >= 4 is 10.0 Å². The lowest BCUT2D eigenvalue weighted by Crippen LogP contribution is -2.12. The van der Waals surface area contributed by atoms with Crippen LogP contribution in [0.25, 0.3) is 0 Å². The summed E-state index contributed by atoms with van der Waals surface area (Å²) in [6.07, 6.45) is 8.12. The van der Waals surface area contributed by atoms with Crippen molar-refractivity contribution in [1.82, 2.24) is 4.89 Å². The van der Waals surface area contributed by atoms with Crippen LogP contribution in [0.2, 0.25) is 0 Å². The maximum Gasteiger partial charge on any atom is 0.281 e. The molecule has 0 atom stereocenters. The lowest BCUT2D eigenvalue weighted by Gasteiger charge is -2.08. The average Bonchev–Trinajstić information content (AvgIpc) is 2.44. The Morgan fingerprint density at radius 3 is 2.40 bits per heavy atom. The van der Waals surface area contributed by atoms with E-state index in [4.69, 9.17) is 5.21 Å². The summed E-state index contributed by atoms with van der Waals surface area (Å²) in [5.41, 5.74) is 2.10. The third kappa shape index (κ3) is 5.23. The number of unbranched alkanes of at least 4 members (excludes halogenated alkanes) is 5. The first-order valence-corrected chi connectivity index (χ1v) is 8.66. The third-order valence-corrected chi connectivity index (χ3v) is 4.59. The van der Waals surface area contributed by atoms with Gasteiger partial charge in [0.1, 0.15) is 0 Å². The molecule has 0 heterocycles. The molecular weight excluding hydrogens is 274 g/mol.